The Morgan fingerprint density at radius 2 is 1.57 bits per heavy atom. The summed E-state index contributed by atoms with van der Waals surface area (Å²) in [6, 6.07) is 26.2. The lowest BCUT2D eigenvalue weighted by Gasteiger charge is -2.32. The lowest BCUT2D eigenvalue weighted by atomic mass is 10.00. The molecule has 10 heteroatoms. The number of amides is 3. The van der Waals surface area contributed by atoms with Gasteiger partial charge in [0.15, 0.2) is 5.69 Å². The SMILES string of the molecule is NC(=O)c1nsc(C(=O)N(c2cccc3ccccc23)C(C(=O)NCc2ccccc2)c2ccc(F)cc2)c1N. The second-order valence-electron chi connectivity index (χ2n) is 8.97. The number of fused-ring (bicyclic) bond motifs is 1. The molecule has 0 aliphatic carbocycles. The second-order valence-corrected chi connectivity index (χ2v) is 9.74. The zero-order valence-corrected chi connectivity index (χ0v) is 21.9. The van der Waals surface area contributed by atoms with E-state index in [0.717, 1.165) is 22.5 Å². The quantitative estimate of drug-likeness (QED) is 0.254. The highest BCUT2D eigenvalue weighted by Gasteiger charge is 2.36. The second kappa shape index (κ2) is 11.3. The summed E-state index contributed by atoms with van der Waals surface area (Å²) in [6.07, 6.45) is 0. The van der Waals surface area contributed by atoms with Crippen LogP contribution >= 0.6 is 11.5 Å². The van der Waals surface area contributed by atoms with Crippen LogP contribution in [-0.2, 0) is 11.3 Å². The number of carbonyl (C=O) groups excluding carboxylic acids is 3. The monoisotopic (exact) mass is 553 g/mol. The molecule has 5 rings (SSSR count). The first kappa shape index (κ1) is 26.5. The molecule has 1 heterocycles. The molecule has 0 fully saturated rings. The lowest BCUT2D eigenvalue weighted by Crippen LogP contribution is -2.44. The van der Waals surface area contributed by atoms with Crippen LogP contribution in [-0.4, -0.2) is 22.1 Å². The fraction of sp³-hybridized carbons (Fsp3) is 0.0667. The number of nitrogens with one attached hydrogen (secondary N) is 1. The van der Waals surface area contributed by atoms with Crippen molar-refractivity contribution < 1.29 is 18.8 Å². The Kier molecular flexibility index (Phi) is 7.52. The molecule has 8 nitrogen and oxygen atoms in total. The van der Waals surface area contributed by atoms with Crippen LogP contribution in [0.3, 0.4) is 0 Å². The van der Waals surface area contributed by atoms with Crippen LogP contribution < -0.4 is 21.7 Å². The fourth-order valence-electron chi connectivity index (χ4n) is 4.47. The van der Waals surface area contributed by atoms with Gasteiger partial charge in [-0.15, -0.1) is 0 Å². The molecule has 5 aromatic rings. The van der Waals surface area contributed by atoms with Crippen LogP contribution in [0.25, 0.3) is 10.8 Å². The molecule has 3 amide bonds. The van der Waals surface area contributed by atoms with Crippen molar-refractivity contribution in [1.82, 2.24) is 9.69 Å². The van der Waals surface area contributed by atoms with Crippen molar-refractivity contribution in [3.8, 4) is 0 Å². The molecule has 0 bridgehead atoms. The van der Waals surface area contributed by atoms with Crippen LogP contribution in [0.4, 0.5) is 15.8 Å². The number of nitrogen functional groups attached to an aromatic ring is 1. The van der Waals surface area contributed by atoms with Gasteiger partial charge in [0.2, 0.25) is 5.91 Å². The number of anilines is 2. The van der Waals surface area contributed by atoms with E-state index in [9.17, 15) is 18.8 Å². The zero-order valence-electron chi connectivity index (χ0n) is 21.1. The predicted octanol–water partition coefficient (Wildman–Crippen LogP) is 4.82. The Balaban J connectivity index is 1.69. The number of nitrogens with zero attached hydrogens (tertiary/aromatic N) is 2. The van der Waals surface area contributed by atoms with Crippen LogP contribution in [0.5, 0.6) is 0 Å². The molecular weight excluding hydrogens is 529 g/mol. The number of rotatable bonds is 8. The van der Waals surface area contributed by atoms with Gasteiger partial charge in [-0.3, -0.25) is 19.3 Å². The highest BCUT2D eigenvalue weighted by atomic mass is 32.1. The molecule has 0 saturated carbocycles. The highest BCUT2D eigenvalue weighted by molar-refractivity contribution is 7.09. The third kappa shape index (κ3) is 5.25. The van der Waals surface area contributed by atoms with E-state index in [0.29, 0.717) is 16.6 Å². The van der Waals surface area contributed by atoms with Crippen LogP contribution in [0.1, 0.15) is 37.3 Å². The third-order valence-corrected chi connectivity index (χ3v) is 7.25. The largest absolute Gasteiger partial charge is 0.395 e. The number of benzene rings is 4. The van der Waals surface area contributed by atoms with Gasteiger partial charge in [-0.1, -0.05) is 78.9 Å². The Morgan fingerprint density at radius 3 is 2.27 bits per heavy atom. The number of aromatic nitrogens is 1. The zero-order chi connectivity index (χ0) is 28.2. The lowest BCUT2D eigenvalue weighted by molar-refractivity contribution is -0.122. The summed E-state index contributed by atoms with van der Waals surface area (Å²) in [6.45, 7) is 0.198. The van der Waals surface area contributed by atoms with Gasteiger partial charge >= 0.3 is 0 Å². The van der Waals surface area contributed by atoms with Crippen molar-refractivity contribution in [1.29, 1.82) is 0 Å². The van der Waals surface area contributed by atoms with Gasteiger partial charge < -0.3 is 16.8 Å². The standard InChI is InChI=1S/C30H24FN5O3S/c31-21-15-13-20(14-16-21)26(29(38)34-17-18-7-2-1-3-8-18)36(23-12-6-10-19-9-4-5-11-22(19)23)30(39)27-24(32)25(28(33)37)35-40-27/h1-16,26H,17,32H2,(H2,33,37)(H,34,38). The van der Waals surface area contributed by atoms with Gasteiger partial charge in [0.25, 0.3) is 11.8 Å². The van der Waals surface area contributed by atoms with Crippen molar-refractivity contribution in [2.75, 3.05) is 10.6 Å². The van der Waals surface area contributed by atoms with E-state index >= 15 is 0 Å². The Morgan fingerprint density at radius 1 is 0.900 bits per heavy atom. The third-order valence-electron chi connectivity index (χ3n) is 6.40. The number of primary amides is 1. The van der Waals surface area contributed by atoms with Crippen LogP contribution in [0.2, 0.25) is 0 Å². The Labute approximate surface area is 233 Å². The van der Waals surface area contributed by atoms with E-state index in [2.05, 4.69) is 9.69 Å². The summed E-state index contributed by atoms with van der Waals surface area (Å²) < 4.78 is 17.9. The van der Waals surface area contributed by atoms with Gasteiger partial charge in [0.1, 0.15) is 16.7 Å². The van der Waals surface area contributed by atoms with Crippen molar-refractivity contribution in [3.05, 3.63) is 125 Å². The average Bonchev–Trinajstić information content (AvgIpc) is 3.37. The molecule has 40 heavy (non-hydrogen) atoms. The van der Waals surface area contributed by atoms with Crippen molar-refractivity contribution in [2.24, 2.45) is 5.73 Å². The maximum atomic E-state index is 14.3. The maximum Gasteiger partial charge on any atom is 0.273 e. The molecule has 0 radical (unpaired) electrons. The summed E-state index contributed by atoms with van der Waals surface area (Å²) in [7, 11) is 0. The van der Waals surface area contributed by atoms with Gasteiger partial charge in [0, 0.05) is 11.9 Å². The fourth-order valence-corrected chi connectivity index (χ4v) is 5.21. The van der Waals surface area contributed by atoms with Crippen molar-refractivity contribution in [3.63, 3.8) is 0 Å². The first-order valence-electron chi connectivity index (χ1n) is 12.3. The van der Waals surface area contributed by atoms with Gasteiger partial charge in [-0.05, 0) is 46.2 Å². The van der Waals surface area contributed by atoms with Crippen molar-refractivity contribution >= 4 is 51.4 Å². The Bertz CT molecular complexity index is 1700. The molecule has 0 saturated heterocycles. The number of carbonyl (C=O) groups is 3. The summed E-state index contributed by atoms with van der Waals surface area (Å²) in [5, 5.41) is 4.43. The molecule has 1 unspecified atom stereocenters. The molecule has 200 valence electrons. The number of nitrogens with two attached hydrogens (primary N) is 2. The van der Waals surface area contributed by atoms with Crippen LogP contribution in [0.15, 0.2) is 97.1 Å². The summed E-state index contributed by atoms with van der Waals surface area (Å²) in [4.78, 5) is 41.4. The Hall–Kier alpha value is -5.09. The average molecular weight is 554 g/mol. The molecule has 1 aromatic heterocycles. The minimum absolute atomic E-state index is 0.0512. The summed E-state index contributed by atoms with van der Waals surface area (Å²) in [5.41, 5.74) is 12.8. The molecule has 0 spiro atoms. The van der Waals surface area contributed by atoms with Gasteiger partial charge in [-0.25, -0.2) is 4.39 Å². The normalized spacial score (nSPS) is 11.6. The van der Waals surface area contributed by atoms with E-state index < -0.39 is 29.6 Å². The summed E-state index contributed by atoms with van der Waals surface area (Å²) >= 11 is 0.719. The maximum absolute atomic E-state index is 14.3. The van der Waals surface area contributed by atoms with Gasteiger partial charge in [0.05, 0.1) is 11.4 Å². The molecule has 4 aromatic carbocycles. The first-order valence-corrected chi connectivity index (χ1v) is 13.1. The van der Waals surface area contributed by atoms with E-state index in [-0.39, 0.29) is 22.8 Å². The minimum Gasteiger partial charge on any atom is -0.395 e. The molecular formula is C30H24FN5O3S. The van der Waals surface area contributed by atoms with E-state index in [1.165, 1.54) is 29.2 Å². The minimum atomic E-state index is -1.24. The summed E-state index contributed by atoms with van der Waals surface area (Å²) in [5.74, 6) is -2.54. The molecule has 5 N–H and O–H groups in total. The predicted molar refractivity (Wildman–Crippen MR) is 153 cm³/mol. The van der Waals surface area contributed by atoms with Gasteiger partial charge in [-0.2, -0.15) is 4.37 Å². The van der Waals surface area contributed by atoms with E-state index in [1.807, 2.05) is 60.7 Å². The number of hydrogen-bond acceptors (Lipinski definition) is 6. The number of hydrogen-bond donors (Lipinski definition) is 3. The number of halogens is 1. The van der Waals surface area contributed by atoms with Crippen molar-refractivity contribution in [2.45, 2.75) is 12.6 Å². The van der Waals surface area contributed by atoms with E-state index in [1.54, 1.807) is 12.1 Å². The highest BCUT2D eigenvalue weighted by Crippen LogP contribution is 2.37. The first-order chi connectivity index (χ1) is 19.3. The van der Waals surface area contributed by atoms with E-state index in [4.69, 9.17) is 11.5 Å². The molecule has 0 aliphatic heterocycles. The smallest absolute Gasteiger partial charge is 0.273 e. The van der Waals surface area contributed by atoms with Crippen LogP contribution in [0, 0.1) is 5.82 Å². The molecule has 0 aliphatic rings. The molecule has 1 atom stereocenters. The topological polar surface area (TPSA) is 131 Å².